The molecule has 35 heavy (non-hydrogen) atoms. The van der Waals surface area contributed by atoms with E-state index < -0.39 is 22.5 Å². The summed E-state index contributed by atoms with van der Waals surface area (Å²) in [5, 5.41) is 3.96. The third-order valence-electron chi connectivity index (χ3n) is 5.08. The van der Waals surface area contributed by atoms with Gasteiger partial charge in [-0.1, -0.05) is 29.8 Å². The molecule has 184 valence electrons. The zero-order valence-electron chi connectivity index (χ0n) is 19.9. The molecule has 10 heteroatoms. The van der Waals surface area contributed by atoms with Crippen molar-refractivity contribution < 1.29 is 27.4 Å². The van der Waals surface area contributed by atoms with Crippen LogP contribution in [0.1, 0.15) is 11.1 Å². The Morgan fingerprint density at radius 2 is 1.63 bits per heavy atom. The van der Waals surface area contributed by atoms with Crippen LogP contribution in [0.15, 0.2) is 76.7 Å². The van der Waals surface area contributed by atoms with Crippen LogP contribution < -0.4 is 23.9 Å². The van der Waals surface area contributed by atoms with E-state index in [0.717, 1.165) is 9.87 Å². The van der Waals surface area contributed by atoms with Gasteiger partial charge in [-0.3, -0.25) is 9.10 Å². The molecule has 3 rings (SSSR count). The van der Waals surface area contributed by atoms with Gasteiger partial charge >= 0.3 is 0 Å². The Labute approximate surface area is 205 Å². The van der Waals surface area contributed by atoms with Crippen molar-refractivity contribution in [3.8, 4) is 17.2 Å². The number of anilines is 1. The van der Waals surface area contributed by atoms with Crippen LogP contribution in [-0.4, -0.2) is 48.4 Å². The molecule has 0 aliphatic rings. The summed E-state index contributed by atoms with van der Waals surface area (Å²) in [6.07, 6.45) is 1.40. The lowest BCUT2D eigenvalue weighted by Crippen LogP contribution is -2.39. The highest BCUT2D eigenvalue weighted by molar-refractivity contribution is 7.92. The Balaban J connectivity index is 1.87. The van der Waals surface area contributed by atoms with Crippen LogP contribution in [0.4, 0.5) is 5.69 Å². The third-order valence-corrected chi connectivity index (χ3v) is 6.86. The minimum atomic E-state index is -4.09. The highest BCUT2D eigenvalue weighted by atomic mass is 32.2. The van der Waals surface area contributed by atoms with Crippen LogP contribution in [0.5, 0.6) is 17.2 Å². The number of carbonyl (C=O) groups excluding carboxylic acids is 1. The standard InChI is InChI=1S/C25H27N3O6S/c1-18-9-13-21(14-10-18)35(30,31)28(22-7-5-6-8-23(22)33-3)17-25(29)27-26-16-19-11-12-20(32-2)15-24(19)34-4/h5-16H,17H2,1-4H3,(H,27,29)/b26-16-. The molecule has 0 aromatic heterocycles. The average Bonchev–Trinajstić information content (AvgIpc) is 2.87. The van der Waals surface area contributed by atoms with E-state index in [2.05, 4.69) is 10.5 Å². The third kappa shape index (κ3) is 6.10. The van der Waals surface area contributed by atoms with Crippen LogP contribution in [-0.2, 0) is 14.8 Å². The van der Waals surface area contributed by atoms with Crippen molar-refractivity contribution in [2.45, 2.75) is 11.8 Å². The van der Waals surface area contributed by atoms with E-state index >= 15 is 0 Å². The van der Waals surface area contributed by atoms with Crippen molar-refractivity contribution in [3.63, 3.8) is 0 Å². The number of ether oxygens (including phenoxy) is 3. The van der Waals surface area contributed by atoms with Gasteiger partial charge in [-0.15, -0.1) is 0 Å². The molecular formula is C25H27N3O6S. The monoisotopic (exact) mass is 497 g/mol. The van der Waals surface area contributed by atoms with Gasteiger partial charge in [0.15, 0.2) is 0 Å². The summed E-state index contributed by atoms with van der Waals surface area (Å²) in [5.41, 5.74) is 4.12. The van der Waals surface area contributed by atoms with E-state index in [4.69, 9.17) is 14.2 Å². The van der Waals surface area contributed by atoms with E-state index in [1.807, 2.05) is 6.92 Å². The summed E-state index contributed by atoms with van der Waals surface area (Å²) in [6.45, 7) is 1.34. The molecule has 3 aromatic rings. The lowest BCUT2D eigenvalue weighted by atomic mass is 10.2. The maximum Gasteiger partial charge on any atom is 0.264 e. The fraction of sp³-hybridized carbons (Fsp3) is 0.200. The Bertz CT molecular complexity index is 1310. The van der Waals surface area contributed by atoms with Crippen LogP contribution in [0.25, 0.3) is 0 Å². The van der Waals surface area contributed by atoms with Crippen LogP contribution in [0.3, 0.4) is 0 Å². The van der Waals surface area contributed by atoms with Crippen molar-refractivity contribution in [2.75, 3.05) is 32.2 Å². The number of hydrogen-bond acceptors (Lipinski definition) is 7. The second-order valence-corrected chi connectivity index (χ2v) is 9.26. The number of benzene rings is 3. The predicted molar refractivity (Wildman–Crippen MR) is 134 cm³/mol. The molecule has 0 unspecified atom stereocenters. The number of para-hydroxylation sites is 2. The van der Waals surface area contributed by atoms with Gasteiger partial charge in [-0.05, 0) is 43.3 Å². The number of nitrogens with zero attached hydrogens (tertiary/aromatic N) is 2. The van der Waals surface area contributed by atoms with E-state index in [1.165, 1.54) is 32.6 Å². The molecule has 0 heterocycles. The topological polar surface area (TPSA) is 107 Å². The van der Waals surface area contributed by atoms with Crippen LogP contribution >= 0.6 is 0 Å². The number of nitrogens with one attached hydrogen (secondary N) is 1. The molecule has 0 aliphatic heterocycles. The van der Waals surface area contributed by atoms with Crippen LogP contribution in [0, 0.1) is 6.92 Å². The van der Waals surface area contributed by atoms with E-state index in [-0.39, 0.29) is 10.6 Å². The summed E-state index contributed by atoms with van der Waals surface area (Å²) < 4.78 is 43.8. The second kappa shape index (κ2) is 11.4. The summed E-state index contributed by atoms with van der Waals surface area (Å²) in [7, 11) is 0.394. The van der Waals surface area contributed by atoms with Gasteiger partial charge in [-0.25, -0.2) is 13.8 Å². The van der Waals surface area contributed by atoms with E-state index in [1.54, 1.807) is 61.7 Å². The number of amides is 1. The Hall–Kier alpha value is -4.05. The molecule has 0 atom stereocenters. The number of carbonyl (C=O) groups is 1. The van der Waals surface area contributed by atoms with Gasteiger partial charge in [-0.2, -0.15) is 5.10 Å². The maximum atomic E-state index is 13.5. The molecule has 0 spiro atoms. The number of hydrazone groups is 1. The van der Waals surface area contributed by atoms with Crippen molar-refractivity contribution >= 4 is 27.8 Å². The normalized spacial score (nSPS) is 11.2. The smallest absolute Gasteiger partial charge is 0.264 e. The zero-order chi connectivity index (χ0) is 25.4. The Morgan fingerprint density at radius 1 is 0.943 bits per heavy atom. The Kier molecular flexibility index (Phi) is 8.32. The highest BCUT2D eigenvalue weighted by Gasteiger charge is 2.29. The number of hydrogen-bond donors (Lipinski definition) is 1. The molecule has 0 radical (unpaired) electrons. The molecule has 0 saturated heterocycles. The van der Waals surface area contributed by atoms with E-state index in [0.29, 0.717) is 22.8 Å². The lowest BCUT2D eigenvalue weighted by molar-refractivity contribution is -0.119. The number of aryl methyl sites for hydroxylation is 1. The van der Waals surface area contributed by atoms with Gasteiger partial charge in [0.05, 0.1) is 38.1 Å². The van der Waals surface area contributed by atoms with E-state index in [9.17, 15) is 13.2 Å². The summed E-state index contributed by atoms with van der Waals surface area (Å²) >= 11 is 0. The van der Waals surface area contributed by atoms with Crippen molar-refractivity contribution in [2.24, 2.45) is 5.10 Å². The van der Waals surface area contributed by atoms with Crippen molar-refractivity contribution in [1.82, 2.24) is 5.43 Å². The van der Waals surface area contributed by atoms with Gasteiger partial charge < -0.3 is 14.2 Å². The quantitative estimate of drug-likeness (QED) is 0.340. The molecule has 1 N–H and O–H groups in total. The number of sulfonamides is 1. The first-order valence-corrected chi connectivity index (χ1v) is 12.0. The summed E-state index contributed by atoms with van der Waals surface area (Å²) in [6, 6.07) is 18.1. The largest absolute Gasteiger partial charge is 0.497 e. The van der Waals surface area contributed by atoms with Gasteiger partial charge in [0.25, 0.3) is 15.9 Å². The SMILES string of the molecule is COc1ccc(/C=N\NC(=O)CN(c2ccccc2OC)S(=O)(=O)c2ccc(C)cc2)c(OC)c1. The fourth-order valence-electron chi connectivity index (χ4n) is 3.24. The molecule has 0 saturated carbocycles. The van der Waals surface area contributed by atoms with Crippen molar-refractivity contribution in [3.05, 3.63) is 77.9 Å². The predicted octanol–water partition coefficient (Wildman–Crippen LogP) is 3.37. The van der Waals surface area contributed by atoms with Gasteiger partial charge in [0, 0.05) is 11.6 Å². The first-order valence-electron chi connectivity index (χ1n) is 10.6. The molecule has 0 aliphatic carbocycles. The molecule has 1 amide bonds. The first kappa shape index (κ1) is 25.6. The van der Waals surface area contributed by atoms with Crippen molar-refractivity contribution in [1.29, 1.82) is 0 Å². The zero-order valence-corrected chi connectivity index (χ0v) is 20.7. The molecular weight excluding hydrogens is 470 g/mol. The number of rotatable bonds is 10. The maximum absolute atomic E-state index is 13.5. The molecule has 3 aromatic carbocycles. The van der Waals surface area contributed by atoms with Crippen LogP contribution in [0.2, 0.25) is 0 Å². The second-order valence-electron chi connectivity index (χ2n) is 7.40. The molecule has 9 nitrogen and oxygen atoms in total. The highest BCUT2D eigenvalue weighted by Crippen LogP contribution is 2.32. The fourth-order valence-corrected chi connectivity index (χ4v) is 4.67. The minimum Gasteiger partial charge on any atom is -0.497 e. The first-order chi connectivity index (χ1) is 16.8. The minimum absolute atomic E-state index is 0.0493. The molecule has 0 bridgehead atoms. The average molecular weight is 498 g/mol. The van der Waals surface area contributed by atoms with Gasteiger partial charge in [0.1, 0.15) is 23.8 Å². The van der Waals surface area contributed by atoms with Gasteiger partial charge in [0.2, 0.25) is 0 Å². The molecule has 0 fully saturated rings. The lowest BCUT2D eigenvalue weighted by Gasteiger charge is -2.25. The number of methoxy groups -OCH3 is 3. The summed E-state index contributed by atoms with van der Waals surface area (Å²) in [4.78, 5) is 12.8. The Morgan fingerprint density at radius 3 is 2.29 bits per heavy atom. The summed E-state index contributed by atoms with van der Waals surface area (Å²) in [5.74, 6) is 0.773.